The Morgan fingerprint density at radius 1 is 1.21 bits per heavy atom. The van der Waals surface area contributed by atoms with Gasteiger partial charge in [0.15, 0.2) is 0 Å². The predicted octanol–water partition coefficient (Wildman–Crippen LogP) is 2.72. The Bertz CT molecular complexity index is 694. The molecule has 126 valence electrons. The Morgan fingerprint density at radius 3 is 2.67 bits per heavy atom. The second-order valence-corrected chi connectivity index (χ2v) is 8.67. The maximum absolute atomic E-state index is 11.1. The van der Waals surface area contributed by atoms with E-state index in [1.54, 1.807) is 12.1 Å². The molecule has 2 aromatic carbocycles. The normalized spacial score (nSPS) is 20.5. The first-order chi connectivity index (χ1) is 11.6. The van der Waals surface area contributed by atoms with E-state index in [0.29, 0.717) is 13.2 Å². The first kappa shape index (κ1) is 17.1. The van der Waals surface area contributed by atoms with Crippen molar-refractivity contribution in [2.24, 2.45) is 0 Å². The van der Waals surface area contributed by atoms with E-state index in [1.165, 1.54) is 0 Å². The maximum atomic E-state index is 11.1. The van der Waals surface area contributed by atoms with Crippen LogP contribution < -0.4 is 4.46 Å². The SMILES string of the molecule is C[C@@H]([Se]c1ccccc1[N+](=O)[O-])[C@@H]1O[C@H]1COCc1ccccc1. The van der Waals surface area contributed by atoms with Gasteiger partial charge in [0.2, 0.25) is 0 Å². The number of hydrogen-bond donors (Lipinski definition) is 0. The number of para-hydroxylation sites is 1. The summed E-state index contributed by atoms with van der Waals surface area (Å²) in [5.41, 5.74) is 1.36. The zero-order valence-electron chi connectivity index (χ0n) is 13.3. The third-order valence-corrected chi connectivity index (χ3v) is 6.45. The van der Waals surface area contributed by atoms with Gasteiger partial charge in [0, 0.05) is 0 Å². The molecular formula is C18H19NO4Se. The van der Waals surface area contributed by atoms with Crippen molar-refractivity contribution >= 4 is 25.1 Å². The third kappa shape index (κ3) is 4.42. The number of nitrogens with zero attached hydrogens (tertiary/aromatic N) is 1. The number of benzene rings is 2. The second kappa shape index (κ2) is 7.90. The first-order valence-electron chi connectivity index (χ1n) is 7.82. The Balaban J connectivity index is 1.46. The van der Waals surface area contributed by atoms with Gasteiger partial charge in [0.25, 0.3) is 0 Å². The molecule has 0 spiro atoms. The molecule has 0 radical (unpaired) electrons. The number of hydrogen-bond acceptors (Lipinski definition) is 4. The molecule has 1 aliphatic rings. The van der Waals surface area contributed by atoms with E-state index in [9.17, 15) is 10.1 Å². The van der Waals surface area contributed by atoms with Gasteiger partial charge in [-0.15, -0.1) is 0 Å². The summed E-state index contributed by atoms with van der Waals surface area (Å²) in [6, 6.07) is 17.0. The number of rotatable bonds is 8. The van der Waals surface area contributed by atoms with E-state index in [1.807, 2.05) is 42.5 Å². The van der Waals surface area contributed by atoms with E-state index in [2.05, 4.69) is 6.92 Å². The number of nitro groups is 1. The molecule has 3 atom stereocenters. The summed E-state index contributed by atoms with van der Waals surface area (Å²) in [5.74, 6) is 0. The minimum atomic E-state index is -0.308. The molecule has 1 fully saturated rings. The van der Waals surface area contributed by atoms with Crippen LogP contribution in [-0.4, -0.2) is 38.7 Å². The molecule has 5 nitrogen and oxygen atoms in total. The summed E-state index contributed by atoms with van der Waals surface area (Å²) < 4.78 is 12.2. The van der Waals surface area contributed by atoms with Crippen LogP contribution in [0, 0.1) is 10.1 Å². The van der Waals surface area contributed by atoms with Crippen LogP contribution in [0.4, 0.5) is 5.69 Å². The molecule has 6 heteroatoms. The van der Waals surface area contributed by atoms with Crippen LogP contribution in [0.5, 0.6) is 0 Å². The fourth-order valence-electron chi connectivity index (χ4n) is 2.55. The number of nitro benzene ring substituents is 1. The van der Waals surface area contributed by atoms with Crippen LogP contribution >= 0.6 is 0 Å². The Hall–Kier alpha value is -1.72. The van der Waals surface area contributed by atoms with Crippen LogP contribution in [0.15, 0.2) is 54.6 Å². The summed E-state index contributed by atoms with van der Waals surface area (Å²) in [6.45, 7) is 3.24. The minimum absolute atomic E-state index is 0.00249. The number of epoxide rings is 1. The molecule has 0 saturated carbocycles. The van der Waals surface area contributed by atoms with Crippen LogP contribution in [0.3, 0.4) is 0 Å². The van der Waals surface area contributed by atoms with Crippen molar-refractivity contribution < 1.29 is 14.4 Å². The standard InChI is InChI=1S/C18H19NO4Se/c1-13(24-17-10-6-5-9-15(17)19(20)21)18-16(23-18)12-22-11-14-7-3-2-4-8-14/h2-10,13,16,18H,11-12H2,1H3/t13-,16+,18+/m1/s1. The van der Waals surface area contributed by atoms with Crippen molar-refractivity contribution in [2.45, 2.75) is 30.6 Å². The van der Waals surface area contributed by atoms with Crippen LogP contribution in [0.2, 0.25) is 4.82 Å². The molecule has 1 aliphatic heterocycles. The molecule has 2 aromatic rings. The predicted molar refractivity (Wildman–Crippen MR) is 92.7 cm³/mol. The van der Waals surface area contributed by atoms with Gasteiger partial charge in [-0.25, -0.2) is 0 Å². The third-order valence-electron chi connectivity index (χ3n) is 3.85. The zero-order chi connectivity index (χ0) is 16.9. The van der Waals surface area contributed by atoms with E-state index in [-0.39, 0.29) is 42.6 Å². The molecule has 1 saturated heterocycles. The summed E-state index contributed by atoms with van der Waals surface area (Å²) in [4.78, 5) is 11.1. The van der Waals surface area contributed by atoms with Crippen molar-refractivity contribution in [2.75, 3.05) is 6.61 Å². The van der Waals surface area contributed by atoms with Crippen LogP contribution in [0.25, 0.3) is 0 Å². The molecule has 24 heavy (non-hydrogen) atoms. The van der Waals surface area contributed by atoms with Gasteiger partial charge in [-0.05, 0) is 0 Å². The topological polar surface area (TPSA) is 64.9 Å². The van der Waals surface area contributed by atoms with Gasteiger partial charge in [-0.2, -0.15) is 0 Å². The van der Waals surface area contributed by atoms with Crippen LogP contribution in [-0.2, 0) is 16.1 Å². The summed E-state index contributed by atoms with van der Waals surface area (Å²) in [5, 5.41) is 11.1. The summed E-state index contributed by atoms with van der Waals surface area (Å²) in [7, 11) is 0. The molecule has 0 bridgehead atoms. The second-order valence-electron chi connectivity index (χ2n) is 5.69. The molecule has 0 aromatic heterocycles. The quantitative estimate of drug-likeness (QED) is 0.300. The molecule has 0 amide bonds. The fourth-order valence-corrected chi connectivity index (χ4v) is 5.05. The molecular weight excluding hydrogens is 373 g/mol. The fraction of sp³-hybridized carbons (Fsp3) is 0.333. The Labute approximate surface area is 147 Å². The molecule has 0 unspecified atom stereocenters. The van der Waals surface area contributed by atoms with Crippen molar-refractivity contribution in [3.63, 3.8) is 0 Å². The first-order valence-corrected chi connectivity index (χ1v) is 9.67. The van der Waals surface area contributed by atoms with Crippen molar-refractivity contribution in [1.82, 2.24) is 0 Å². The van der Waals surface area contributed by atoms with Gasteiger partial charge < -0.3 is 0 Å². The van der Waals surface area contributed by atoms with Gasteiger partial charge in [0.1, 0.15) is 0 Å². The van der Waals surface area contributed by atoms with Crippen molar-refractivity contribution in [3.05, 3.63) is 70.3 Å². The average Bonchev–Trinajstić information content (AvgIpc) is 3.36. The van der Waals surface area contributed by atoms with Crippen molar-refractivity contribution in [1.29, 1.82) is 0 Å². The van der Waals surface area contributed by atoms with Gasteiger partial charge in [-0.3, -0.25) is 0 Å². The van der Waals surface area contributed by atoms with Crippen molar-refractivity contribution in [3.8, 4) is 0 Å². The van der Waals surface area contributed by atoms with Gasteiger partial charge in [-0.1, -0.05) is 0 Å². The Morgan fingerprint density at radius 2 is 1.92 bits per heavy atom. The monoisotopic (exact) mass is 393 g/mol. The Kier molecular flexibility index (Phi) is 5.63. The van der Waals surface area contributed by atoms with E-state index in [4.69, 9.17) is 9.47 Å². The zero-order valence-corrected chi connectivity index (χ0v) is 15.0. The van der Waals surface area contributed by atoms with Gasteiger partial charge >= 0.3 is 147 Å². The van der Waals surface area contributed by atoms with Gasteiger partial charge in [0.05, 0.1) is 0 Å². The summed E-state index contributed by atoms with van der Waals surface area (Å²) in [6.07, 6.45) is 0.244. The molecule has 3 rings (SSSR count). The summed E-state index contributed by atoms with van der Waals surface area (Å²) >= 11 is 0.00249. The van der Waals surface area contributed by atoms with E-state index >= 15 is 0 Å². The number of ether oxygens (including phenoxy) is 2. The molecule has 0 aliphatic carbocycles. The average molecular weight is 392 g/mol. The van der Waals surface area contributed by atoms with E-state index < -0.39 is 0 Å². The molecule has 0 N–H and O–H groups in total. The van der Waals surface area contributed by atoms with Crippen LogP contribution in [0.1, 0.15) is 12.5 Å². The molecule has 1 heterocycles. The van der Waals surface area contributed by atoms with E-state index in [0.717, 1.165) is 10.0 Å².